The van der Waals surface area contributed by atoms with E-state index in [0.29, 0.717) is 6.10 Å². The minimum Gasteiger partial charge on any atom is -0.494 e. The lowest BCUT2D eigenvalue weighted by Crippen LogP contribution is -2.37. The number of halogens is 1. The molecule has 0 N–H and O–H groups in total. The Morgan fingerprint density at radius 3 is 2.67 bits per heavy atom. The first-order chi connectivity index (χ1) is 10.3. The van der Waals surface area contributed by atoms with E-state index >= 15 is 0 Å². The summed E-state index contributed by atoms with van der Waals surface area (Å²) in [4.78, 5) is 0. The molecule has 3 nitrogen and oxygen atoms in total. The molecule has 0 spiro atoms. The fraction of sp³-hybridized carbons (Fsp3) is 0.647. The molecule has 1 aromatic carbocycles. The molecule has 1 aliphatic carbocycles. The van der Waals surface area contributed by atoms with Crippen LogP contribution >= 0.6 is 15.9 Å². The second kappa shape index (κ2) is 7.61. The average molecular weight is 355 g/mol. The van der Waals surface area contributed by atoms with Gasteiger partial charge in [-0.3, -0.25) is 0 Å². The van der Waals surface area contributed by atoms with Crippen molar-refractivity contribution >= 4 is 15.9 Å². The molecule has 2 fully saturated rings. The maximum absolute atomic E-state index is 5.97. The summed E-state index contributed by atoms with van der Waals surface area (Å²) in [5.41, 5.74) is 0. The van der Waals surface area contributed by atoms with E-state index in [1.807, 2.05) is 24.3 Å². The van der Waals surface area contributed by atoms with Crippen LogP contribution in [0.4, 0.5) is 0 Å². The lowest BCUT2D eigenvalue weighted by atomic mass is 9.80. The summed E-state index contributed by atoms with van der Waals surface area (Å²) >= 11 is 3.42. The highest BCUT2D eigenvalue weighted by molar-refractivity contribution is 9.10. The molecule has 3 rings (SSSR count). The molecule has 1 saturated carbocycles. The van der Waals surface area contributed by atoms with Gasteiger partial charge >= 0.3 is 0 Å². The van der Waals surface area contributed by atoms with Gasteiger partial charge in [-0.2, -0.15) is 0 Å². The highest BCUT2D eigenvalue weighted by Gasteiger charge is 2.32. The average Bonchev–Trinajstić information content (AvgIpc) is 2.47. The number of ether oxygens (including phenoxy) is 3. The molecule has 116 valence electrons. The van der Waals surface area contributed by atoms with Crippen LogP contribution in [0.5, 0.6) is 5.75 Å². The number of rotatable bonds is 6. The van der Waals surface area contributed by atoms with Crippen molar-refractivity contribution in [1.29, 1.82) is 0 Å². The fourth-order valence-corrected chi connectivity index (χ4v) is 3.19. The van der Waals surface area contributed by atoms with Crippen LogP contribution in [0, 0.1) is 5.92 Å². The molecule has 1 saturated heterocycles. The number of hydrogen-bond acceptors (Lipinski definition) is 3. The summed E-state index contributed by atoms with van der Waals surface area (Å²) in [5.74, 6) is 1.69. The molecular formula is C17H23BrO3. The molecular weight excluding hydrogens is 332 g/mol. The topological polar surface area (TPSA) is 27.7 Å². The molecule has 2 aliphatic rings. The Labute approximate surface area is 135 Å². The smallest absolute Gasteiger partial charge is 0.157 e. The van der Waals surface area contributed by atoms with Crippen molar-refractivity contribution in [3.63, 3.8) is 0 Å². The maximum atomic E-state index is 5.97. The molecule has 0 aromatic heterocycles. The number of benzene rings is 1. The van der Waals surface area contributed by atoms with Crippen molar-refractivity contribution in [2.75, 3.05) is 13.2 Å². The molecule has 4 heteroatoms. The Morgan fingerprint density at radius 2 is 1.95 bits per heavy atom. The van der Waals surface area contributed by atoms with Crippen LogP contribution in [0.1, 0.15) is 38.5 Å². The van der Waals surface area contributed by atoms with Crippen LogP contribution in [0.3, 0.4) is 0 Å². The second-order valence-electron chi connectivity index (χ2n) is 5.98. The zero-order valence-electron chi connectivity index (χ0n) is 12.3. The minimum atomic E-state index is 0.0590. The Hall–Kier alpha value is -0.580. The number of hydrogen-bond donors (Lipinski definition) is 0. The monoisotopic (exact) mass is 354 g/mol. The van der Waals surface area contributed by atoms with Gasteiger partial charge in [-0.25, -0.2) is 0 Å². The largest absolute Gasteiger partial charge is 0.494 e. The molecule has 1 atom stereocenters. The van der Waals surface area contributed by atoms with Crippen molar-refractivity contribution in [3.05, 3.63) is 28.7 Å². The minimum absolute atomic E-state index is 0.0590. The zero-order valence-corrected chi connectivity index (χ0v) is 13.9. The first-order valence-electron chi connectivity index (χ1n) is 7.95. The van der Waals surface area contributed by atoms with E-state index in [1.54, 1.807) is 0 Å². The first-order valence-corrected chi connectivity index (χ1v) is 8.74. The maximum Gasteiger partial charge on any atom is 0.157 e. The van der Waals surface area contributed by atoms with Crippen LogP contribution in [-0.2, 0) is 9.47 Å². The van der Waals surface area contributed by atoms with Crippen LogP contribution < -0.4 is 4.74 Å². The van der Waals surface area contributed by atoms with E-state index in [2.05, 4.69) is 15.9 Å². The van der Waals surface area contributed by atoms with E-state index in [-0.39, 0.29) is 6.29 Å². The highest BCUT2D eigenvalue weighted by atomic mass is 79.9. The Bertz CT molecular complexity index is 422. The van der Waals surface area contributed by atoms with Gasteiger partial charge in [-0.15, -0.1) is 0 Å². The quantitative estimate of drug-likeness (QED) is 0.750. The first kappa shape index (κ1) is 15.3. The highest BCUT2D eigenvalue weighted by Crippen LogP contribution is 2.34. The third-order valence-corrected chi connectivity index (χ3v) is 4.81. The van der Waals surface area contributed by atoms with E-state index in [4.69, 9.17) is 14.2 Å². The van der Waals surface area contributed by atoms with Crippen molar-refractivity contribution < 1.29 is 14.2 Å². The third kappa shape index (κ3) is 4.70. The lowest BCUT2D eigenvalue weighted by Gasteiger charge is -2.38. The van der Waals surface area contributed by atoms with E-state index in [1.165, 1.54) is 12.8 Å². The zero-order chi connectivity index (χ0) is 14.5. The van der Waals surface area contributed by atoms with Gasteiger partial charge in [0.25, 0.3) is 0 Å². The Kier molecular flexibility index (Phi) is 5.55. The van der Waals surface area contributed by atoms with E-state index in [0.717, 1.165) is 55.0 Å². The molecule has 1 aromatic rings. The Morgan fingerprint density at radius 1 is 1.14 bits per heavy atom. The van der Waals surface area contributed by atoms with Crippen LogP contribution in [0.2, 0.25) is 0 Å². The fourth-order valence-electron chi connectivity index (χ4n) is 2.93. The van der Waals surface area contributed by atoms with Crippen molar-refractivity contribution in [3.8, 4) is 5.75 Å². The molecule has 0 unspecified atom stereocenters. The normalized spacial score (nSPS) is 28.9. The predicted molar refractivity (Wildman–Crippen MR) is 85.4 cm³/mol. The van der Waals surface area contributed by atoms with Gasteiger partial charge in [-0.05, 0) is 68.7 Å². The van der Waals surface area contributed by atoms with E-state index < -0.39 is 0 Å². The van der Waals surface area contributed by atoms with Crippen molar-refractivity contribution in [2.24, 2.45) is 5.92 Å². The van der Waals surface area contributed by atoms with Gasteiger partial charge in [-0.1, -0.05) is 15.9 Å². The second-order valence-corrected chi connectivity index (χ2v) is 6.90. The summed E-state index contributed by atoms with van der Waals surface area (Å²) in [6.07, 6.45) is 7.37. The van der Waals surface area contributed by atoms with Gasteiger partial charge in [0.2, 0.25) is 0 Å². The lowest BCUT2D eigenvalue weighted by molar-refractivity contribution is -0.210. The van der Waals surface area contributed by atoms with Gasteiger partial charge in [0.1, 0.15) is 5.75 Å². The SMILES string of the molecule is Brc1ccc(OCCC2CC(O[C@@H]3CCCCO3)C2)cc1. The van der Waals surface area contributed by atoms with Gasteiger partial charge in [0.05, 0.1) is 12.7 Å². The summed E-state index contributed by atoms with van der Waals surface area (Å²) in [6.45, 7) is 1.65. The standard InChI is InChI=1S/C17H23BrO3/c18-14-4-6-15(7-5-14)19-10-8-13-11-16(12-13)21-17-3-1-2-9-20-17/h4-7,13,16-17H,1-3,8-12H2/t13?,16?,17-/m1/s1. The van der Waals surface area contributed by atoms with Crippen LogP contribution in [0.25, 0.3) is 0 Å². The van der Waals surface area contributed by atoms with E-state index in [9.17, 15) is 0 Å². The summed E-state index contributed by atoms with van der Waals surface area (Å²) in [7, 11) is 0. The van der Waals surface area contributed by atoms with Gasteiger partial charge in [0.15, 0.2) is 6.29 Å². The third-order valence-electron chi connectivity index (χ3n) is 4.28. The van der Waals surface area contributed by atoms with Crippen LogP contribution in [-0.4, -0.2) is 25.6 Å². The molecule has 0 bridgehead atoms. The van der Waals surface area contributed by atoms with Gasteiger partial charge < -0.3 is 14.2 Å². The molecule has 1 aliphatic heterocycles. The van der Waals surface area contributed by atoms with Crippen LogP contribution in [0.15, 0.2) is 28.7 Å². The summed E-state index contributed by atoms with van der Waals surface area (Å²) in [5, 5.41) is 0. The summed E-state index contributed by atoms with van der Waals surface area (Å²) < 4.78 is 18.4. The predicted octanol–water partition coefficient (Wildman–Crippen LogP) is 4.54. The summed E-state index contributed by atoms with van der Waals surface area (Å²) in [6, 6.07) is 8.01. The molecule has 1 heterocycles. The Balaban J connectivity index is 1.27. The molecule has 0 amide bonds. The molecule has 21 heavy (non-hydrogen) atoms. The van der Waals surface area contributed by atoms with Crippen molar-refractivity contribution in [2.45, 2.75) is 50.9 Å². The molecule has 0 radical (unpaired) electrons. The van der Waals surface area contributed by atoms with Gasteiger partial charge in [0, 0.05) is 11.1 Å². The van der Waals surface area contributed by atoms with Crippen molar-refractivity contribution in [1.82, 2.24) is 0 Å².